The Morgan fingerprint density at radius 3 is 2.89 bits per heavy atom. The van der Waals surface area contributed by atoms with Crippen molar-refractivity contribution in [1.82, 2.24) is 0 Å². The first-order chi connectivity index (χ1) is 8.66. The van der Waals surface area contributed by atoms with Gasteiger partial charge in [-0.25, -0.2) is 0 Å². The van der Waals surface area contributed by atoms with Crippen LogP contribution < -0.4 is 0 Å². The van der Waals surface area contributed by atoms with Crippen LogP contribution in [0.2, 0.25) is 0 Å². The number of esters is 1. The van der Waals surface area contributed by atoms with Crippen LogP contribution in [0.4, 0.5) is 0 Å². The second-order valence-corrected chi connectivity index (χ2v) is 6.53. The molecule has 4 nitrogen and oxygen atoms in total. The lowest BCUT2D eigenvalue weighted by molar-refractivity contribution is -0.164. The molecule has 4 rings (SSSR count). The first-order valence-electron chi connectivity index (χ1n) is 7.18. The summed E-state index contributed by atoms with van der Waals surface area (Å²) in [7, 11) is 0. The summed E-state index contributed by atoms with van der Waals surface area (Å²) in [5.41, 5.74) is -0.334. The topological polar surface area (TPSA) is 51.4 Å². The monoisotopic (exact) mass is 252 g/mol. The van der Waals surface area contributed by atoms with Crippen molar-refractivity contribution in [3.63, 3.8) is 0 Å². The summed E-state index contributed by atoms with van der Waals surface area (Å²) in [6, 6.07) is 0. The molecule has 2 aliphatic carbocycles. The second-order valence-electron chi connectivity index (χ2n) is 6.53. The lowest BCUT2D eigenvalue weighted by Gasteiger charge is -2.31. The quantitative estimate of drug-likeness (QED) is 0.555. The highest BCUT2D eigenvalue weighted by atomic mass is 16.6. The highest BCUT2D eigenvalue weighted by Gasteiger charge is 2.54. The Bertz CT molecular complexity index is 382. The normalized spacial score (nSPS) is 53.1. The molecule has 6 unspecified atom stereocenters. The Balaban J connectivity index is 1.40. The zero-order chi connectivity index (χ0) is 12.3. The van der Waals surface area contributed by atoms with E-state index in [-0.39, 0.29) is 23.6 Å². The fourth-order valence-corrected chi connectivity index (χ4v) is 3.61. The first-order valence-corrected chi connectivity index (χ1v) is 7.18. The van der Waals surface area contributed by atoms with Gasteiger partial charge in [-0.2, -0.15) is 0 Å². The van der Waals surface area contributed by atoms with Gasteiger partial charge in [-0.3, -0.25) is 4.79 Å². The van der Waals surface area contributed by atoms with Gasteiger partial charge in [0.25, 0.3) is 0 Å². The van der Waals surface area contributed by atoms with Crippen LogP contribution in [-0.2, 0) is 19.0 Å². The molecule has 0 aromatic rings. The molecule has 4 aliphatic rings. The Morgan fingerprint density at radius 1 is 1.17 bits per heavy atom. The van der Waals surface area contributed by atoms with E-state index in [1.54, 1.807) is 0 Å². The summed E-state index contributed by atoms with van der Waals surface area (Å²) in [6.07, 6.45) is 7.25. The summed E-state index contributed by atoms with van der Waals surface area (Å²) >= 11 is 0. The number of hydrogen-bond donors (Lipinski definition) is 0. The highest BCUT2D eigenvalue weighted by molar-refractivity contribution is 5.77. The van der Waals surface area contributed by atoms with E-state index < -0.39 is 0 Å². The fraction of sp³-hybridized carbons (Fsp3) is 0.929. The number of fused-ring (bicyclic) bond motifs is 2. The van der Waals surface area contributed by atoms with E-state index in [9.17, 15) is 4.79 Å². The van der Waals surface area contributed by atoms with Gasteiger partial charge in [-0.1, -0.05) is 0 Å². The third-order valence-corrected chi connectivity index (χ3v) is 5.04. The van der Waals surface area contributed by atoms with Crippen molar-refractivity contribution in [2.24, 2.45) is 5.41 Å². The van der Waals surface area contributed by atoms with Gasteiger partial charge in [0, 0.05) is 0 Å². The average molecular weight is 252 g/mol. The zero-order valence-electron chi connectivity index (χ0n) is 10.8. The Labute approximate surface area is 107 Å². The summed E-state index contributed by atoms with van der Waals surface area (Å²) < 4.78 is 16.8. The van der Waals surface area contributed by atoms with Crippen molar-refractivity contribution in [2.45, 2.75) is 76.0 Å². The third kappa shape index (κ3) is 1.77. The molecule has 0 spiro atoms. The molecule has 4 heteroatoms. The zero-order valence-corrected chi connectivity index (χ0v) is 10.8. The largest absolute Gasteiger partial charge is 0.459 e. The molecule has 0 N–H and O–H groups in total. The molecule has 6 atom stereocenters. The van der Waals surface area contributed by atoms with E-state index in [4.69, 9.17) is 14.2 Å². The average Bonchev–Trinajstić information content (AvgIpc) is 3.22. The van der Waals surface area contributed by atoms with Gasteiger partial charge in [0.1, 0.15) is 12.2 Å². The predicted octanol–water partition coefficient (Wildman–Crippen LogP) is 1.81. The number of carbonyl (C=O) groups is 1. The van der Waals surface area contributed by atoms with Crippen LogP contribution in [0, 0.1) is 5.41 Å². The molecule has 0 aromatic carbocycles. The molecule has 4 fully saturated rings. The van der Waals surface area contributed by atoms with Crippen molar-refractivity contribution in [1.29, 1.82) is 0 Å². The maximum Gasteiger partial charge on any atom is 0.312 e. The molecular weight excluding hydrogens is 232 g/mol. The lowest BCUT2D eigenvalue weighted by Crippen LogP contribution is -2.39. The molecule has 2 aliphatic heterocycles. The van der Waals surface area contributed by atoms with Gasteiger partial charge in [0.15, 0.2) is 0 Å². The molecular formula is C14H20O4. The molecule has 2 saturated carbocycles. The van der Waals surface area contributed by atoms with Crippen molar-refractivity contribution >= 4 is 5.97 Å². The molecule has 100 valence electrons. The molecule has 0 aromatic heterocycles. The molecule has 18 heavy (non-hydrogen) atoms. The summed E-state index contributed by atoms with van der Waals surface area (Å²) in [4.78, 5) is 12.4. The van der Waals surface area contributed by atoms with Crippen LogP contribution in [0.5, 0.6) is 0 Å². The molecule has 0 bridgehead atoms. The summed E-state index contributed by atoms with van der Waals surface area (Å²) in [5, 5.41) is 0. The van der Waals surface area contributed by atoms with E-state index in [1.807, 2.05) is 6.92 Å². The maximum absolute atomic E-state index is 12.4. The number of epoxide rings is 2. The molecule has 0 radical (unpaired) electrons. The summed E-state index contributed by atoms with van der Waals surface area (Å²) in [5.74, 6) is -0.0300. The van der Waals surface area contributed by atoms with Crippen LogP contribution in [-0.4, -0.2) is 36.5 Å². The van der Waals surface area contributed by atoms with E-state index in [0.29, 0.717) is 18.3 Å². The lowest BCUT2D eigenvalue weighted by atomic mass is 9.76. The van der Waals surface area contributed by atoms with E-state index in [2.05, 4.69) is 0 Å². The standard InChI is InChI=1S/C14H20O4/c1-14(6-5-8-11(7-14)16-8)13(15)18-10-4-2-3-9-12(10)17-9/h8-12H,2-7H2,1H3. The SMILES string of the molecule is CC1(C(=O)OC2CCCC3OC23)CCC2OC2C1. The van der Waals surface area contributed by atoms with Gasteiger partial charge < -0.3 is 14.2 Å². The minimum atomic E-state index is -0.334. The Kier molecular flexibility index (Phi) is 2.31. The smallest absolute Gasteiger partial charge is 0.312 e. The number of carbonyl (C=O) groups excluding carboxylic acids is 1. The van der Waals surface area contributed by atoms with Crippen molar-refractivity contribution < 1.29 is 19.0 Å². The van der Waals surface area contributed by atoms with Crippen LogP contribution in [0.15, 0.2) is 0 Å². The fourth-order valence-electron chi connectivity index (χ4n) is 3.61. The van der Waals surface area contributed by atoms with Crippen LogP contribution in [0.25, 0.3) is 0 Å². The minimum absolute atomic E-state index is 0.00548. The van der Waals surface area contributed by atoms with Crippen LogP contribution in [0.3, 0.4) is 0 Å². The van der Waals surface area contributed by atoms with Crippen LogP contribution in [0.1, 0.15) is 45.4 Å². The Morgan fingerprint density at radius 2 is 2.06 bits per heavy atom. The van der Waals surface area contributed by atoms with Crippen molar-refractivity contribution in [3.05, 3.63) is 0 Å². The highest BCUT2D eigenvalue weighted by Crippen LogP contribution is 2.47. The van der Waals surface area contributed by atoms with Gasteiger partial charge in [-0.15, -0.1) is 0 Å². The Hall–Kier alpha value is -0.610. The van der Waals surface area contributed by atoms with Gasteiger partial charge in [0.05, 0.1) is 23.7 Å². The number of ether oxygens (including phenoxy) is 3. The second kappa shape index (κ2) is 3.70. The maximum atomic E-state index is 12.4. The predicted molar refractivity (Wildman–Crippen MR) is 63.0 cm³/mol. The number of hydrogen-bond acceptors (Lipinski definition) is 4. The van der Waals surface area contributed by atoms with Crippen molar-refractivity contribution in [2.75, 3.05) is 0 Å². The molecule has 2 heterocycles. The van der Waals surface area contributed by atoms with E-state index in [1.165, 1.54) is 0 Å². The van der Waals surface area contributed by atoms with Gasteiger partial charge >= 0.3 is 5.97 Å². The minimum Gasteiger partial charge on any atom is -0.459 e. The van der Waals surface area contributed by atoms with Gasteiger partial charge in [-0.05, 0) is 45.4 Å². The van der Waals surface area contributed by atoms with E-state index in [0.717, 1.165) is 38.5 Å². The molecule has 2 saturated heterocycles. The van der Waals surface area contributed by atoms with Crippen LogP contribution >= 0.6 is 0 Å². The first kappa shape index (κ1) is 11.2. The molecule has 0 amide bonds. The van der Waals surface area contributed by atoms with E-state index >= 15 is 0 Å². The van der Waals surface area contributed by atoms with Crippen molar-refractivity contribution in [3.8, 4) is 0 Å². The summed E-state index contributed by atoms with van der Waals surface area (Å²) in [6.45, 7) is 2.03. The number of rotatable bonds is 2. The van der Waals surface area contributed by atoms with Gasteiger partial charge in [0.2, 0.25) is 0 Å². The third-order valence-electron chi connectivity index (χ3n) is 5.04.